The van der Waals surface area contributed by atoms with Crippen LogP contribution in [0.3, 0.4) is 0 Å². The van der Waals surface area contributed by atoms with Gasteiger partial charge in [0.05, 0.1) is 48.2 Å². The summed E-state index contributed by atoms with van der Waals surface area (Å²) in [6.45, 7) is 6.67. The average Bonchev–Trinajstić information content (AvgIpc) is 3.28. The van der Waals surface area contributed by atoms with E-state index in [1.54, 1.807) is 12.1 Å². The van der Waals surface area contributed by atoms with E-state index in [9.17, 15) is 9.90 Å². The van der Waals surface area contributed by atoms with Crippen molar-refractivity contribution >= 4 is 23.0 Å². The second-order valence-electron chi connectivity index (χ2n) is 8.98. The van der Waals surface area contributed by atoms with E-state index in [-0.39, 0.29) is 17.9 Å². The number of methoxy groups -OCH3 is 1. The number of nitrogens with one attached hydrogen (secondary N) is 1. The molecule has 170 valence electrons. The molecule has 2 aromatic carbocycles. The van der Waals surface area contributed by atoms with E-state index in [0.29, 0.717) is 12.0 Å². The highest BCUT2D eigenvalue weighted by Gasteiger charge is 2.37. The third-order valence-electron chi connectivity index (χ3n) is 6.30. The van der Waals surface area contributed by atoms with Gasteiger partial charge >= 0.3 is 5.97 Å². The van der Waals surface area contributed by atoms with Crippen molar-refractivity contribution < 1.29 is 14.6 Å². The molecule has 1 saturated heterocycles. The van der Waals surface area contributed by atoms with E-state index >= 15 is 0 Å². The molecule has 1 aliphatic heterocycles. The lowest BCUT2D eigenvalue weighted by Crippen LogP contribution is -2.46. The molecule has 32 heavy (non-hydrogen) atoms. The van der Waals surface area contributed by atoms with Gasteiger partial charge < -0.3 is 20.1 Å². The molecule has 2 atom stereocenters. The second kappa shape index (κ2) is 10.1. The average molecular weight is 436 g/mol. The van der Waals surface area contributed by atoms with E-state index in [2.05, 4.69) is 41.4 Å². The Morgan fingerprint density at radius 1 is 1.31 bits per heavy atom. The molecule has 2 N–H and O–H groups in total. The molecule has 0 aromatic heterocycles. The first-order valence-corrected chi connectivity index (χ1v) is 11.2. The molecule has 0 amide bonds. The summed E-state index contributed by atoms with van der Waals surface area (Å²) >= 11 is 0. The van der Waals surface area contributed by atoms with Gasteiger partial charge in [0.2, 0.25) is 0 Å². The number of nitrogens with zero attached hydrogens (tertiary/aromatic N) is 2. The van der Waals surface area contributed by atoms with Gasteiger partial charge in [-0.25, -0.2) is 0 Å². The maximum absolute atomic E-state index is 11.9. The van der Waals surface area contributed by atoms with Crippen LogP contribution in [-0.2, 0) is 9.53 Å². The van der Waals surface area contributed by atoms with Gasteiger partial charge in [-0.3, -0.25) is 4.79 Å². The van der Waals surface area contributed by atoms with Gasteiger partial charge in [-0.15, -0.1) is 0 Å². The minimum Gasteiger partial charge on any atom is -0.469 e. The lowest BCUT2D eigenvalue weighted by molar-refractivity contribution is -0.141. The number of esters is 1. The molecule has 1 aliphatic rings. The van der Waals surface area contributed by atoms with Gasteiger partial charge in [-0.05, 0) is 81.0 Å². The van der Waals surface area contributed by atoms with Crippen LogP contribution in [-0.4, -0.2) is 36.4 Å². The van der Waals surface area contributed by atoms with Crippen molar-refractivity contribution in [1.82, 2.24) is 0 Å². The van der Waals surface area contributed by atoms with Crippen LogP contribution in [0.25, 0.3) is 0 Å². The monoisotopic (exact) mass is 435 g/mol. The zero-order valence-corrected chi connectivity index (χ0v) is 19.4. The van der Waals surface area contributed by atoms with Crippen molar-refractivity contribution in [1.29, 1.82) is 5.26 Å². The SMILES string of the molecule is CCC(CC(=O)OC)c1ccc(N2CCC[C@@H]2C(C)(C)O)c(Nc2ccc(C#N)cc2)c1. The molecule has 1 heterocycles. The quantitative estimate of drug-likeness (QED) is 0.561. The first kappa shape index (κ1) is 23.6. The van der Waals surface area contributed by atoms with Crippen molar-refractivity contribution in [3.63, 3.8) is 0 Å². The first-order valence-electron chi connectivity index (χ1n) is 11.2. The molecule has 0 radical (unpaired) electrons. The van der Waals surface area contributed by atoms with E-state index in [0.717, 1.165) is 48.4 Å². The number of anilines is 3. The Morgan fingerprint density at radius 2 is 2.03 bits per heavy atom. The molecule has 1 fully saturated rings. The summed E-state index contributed by atoms with van der Waals surface area (Å²) in [7, 11) is 1.42. The fraction of sp³-hybridized carbons (Fsp3) is 0.462. The molecule has 2 aromatic rings. The van der Waals surface area contributed by atoms with E-state index < -0.39 is 5.60 Å². The van der Waals surface area contributed by atoms with Crippen LogP contribution in [0.1, 0.15) is 63.5 Å². The number of ether oxygens (including phenoxy) is 1. The van der Waals surface area contributed by atoms with Crippen molar-refractivity contribution in [3.8, 4) is 6.07 Å². The molecule has 0 spiro atoms. The third kappa shape index (κ3) is 5.41. The Balaban J connectivity index is 2.01. The summed E-state index contributed by atoms with van der Waals surface area (Å²) in [5.41, 5.74) is 3.68. The predicted octanol–water partition coefficient (Wildman–Crippen LogP) is 5.10. The molecular formula is C26H33N3O3. The van der Waals surface area contributed by atoms with Crippen LogP contribution >= 0.6 is 0 Å². The maximum Gasteiger partial charge on any atom is 0.306 e. The first-order chi connectivity index (χ1) is 15.3. The molecule has 3 rings (SSSR count). The summed E-state index contributed by atoms with van der Waals surface area (Å²) in [4.78, 5) is 14.2. The summed E-state index contributed by atoms with van der Waals surface area (Å²) in [5.74, 6) is -0.161. The molecular weight excluding hydrogens is 402 g/mol. The van der Waals surface area contributed by atoms with Crippen LogP contribution in [0.5, 0.6) is 0 Å². The van der Waals surface area contributed by atoms with Crippen LogP contribution in [0.15, 0.2) is 42.5 Å². The number of nitriles is 1. The molecule has 6 nitrogen and oxygen atoms in total. The van der Waals surface area contributed by atoms with E-state index in [1.807, 2.05) is 26.0 Å². The molecule has 0 bridgehead atoms. The van der Waals surface area contributed by atoms with Gasteiger partial charge in [0.25, 0.3) is 0 Å². The Bertz CT molecular complexity index is 973. The van der Waals surface area contributed by atoms with Crippen LogP contribution in [0, 0.1) is 11.3 Å². The molecule has 0 saturated carbocycles. The topological polar surface area (TPSA) is 85.6 Å². The highest BCUT2D eigenvalue weighted by atomic mass is 16.5. The normalized spacial score (nSPS) is 17.0. The van der Waals surface area contributed by atoms with Crippen LogP contribution < -0.4 is 10.2 Å². The van der Waals surface area contributed by atoms with Crippen molar-refractivity contribution in [2.24, 2.45) is 0 Å². The number of hydrogen-bond acceptors (Lipinski definition) is 6. The zero-order valence-electron chi connectivity index (χ0n) is 19.4. The molecule has 1 unspecified atom stereocenters. The Morgan fingerprint density at radius 3 is 2.62 bits per heavy atom. The lowest BCUT2D eigenvalue weighted by Gasteiger charge is -2.36. The largest absolute Gasteiger partial charge is 0.469 e. The molecule has 6 heteroatoms. The summed E-state index contributed by atoms with van der Waals surface area (Å²) < 4.78 is 4.89. The highest BCUT2D eigenvalue weighted by molar-refractivity contribution is 5.78. The third-order valence-corrected chi connectivity index (χ3v) is 6.30. The van der Waals surface area contributed by atoms with E-state index in [4.69, 9.17) is 10.00 Å². The smallest absolute Gasteiger partial charge is 0.306 e. The Hall–Kier alpha value is -3.04. The number of rotatable bonds is 8. The predicted molar refractivity (Wildman–Crippen MR) is 127 cm³/mol. The number of carbonyl (C=O) groups is 1. The van der Waals surface area contributed by atoms with Gasteiger partial charge in [0, 0.05) is 12.2 Å². The standard InChI is InChI=1S/C26H33N3O3/c1-5-19(16-25(30)32-4)20-10-13-23(29-14-6-7-24(29)26(2,3)31)22(15-20)28-21-11-8-18(17-27)9-12-21/h8-13,15,19,24,28,31H,5-7,14,16H2,1-4H3/t19?,24-/m1/s1. The van der Waals surface area contributed by atoms with Crippen molar-refractivity contribution in [2.75, 3.05) is 23.9 Å². The fourth-order valence-electron chi connectivity index (χ4n) is 4.51. The maximum atomic E-state index is 11.9. The van der Waals surface area contributed by atoms with Crippen molar-refractivity contribution in [3.05, 3.63) is 53.6 Å². The van der Waals surface area contributed by atoms with E-state index in [1.165, 1.54) is 7.11 Å². The fourth-order valence-corrected chi connectivity index (χ4v) is 4.51. The summed E-state index contributed by atoms with van der Waals surface area (Å²) in [5, 5.41) is 23.4. The van der Waals surface area contributed by atoms with Crippen LogP contribution in [0.2, 0.25) is 0 Å². The summed E-state index contributed by atoms with van der Waals surface area (Å²) in [6.07, 6.45) is 3.10. The zero-order chi connectivity index (χ0) is 23.3. The Labute approximate surface area is 190 Å². The summed E-state index contributed by atoms with van der Waals surface area (Å²) in [6, 6.07) is 15.8. The van der Waals surface area contributed by atoms with Crippen LogP contribution in [0.4, 0.5) is 17.1 Å². The molecule has 0 aliphatic carbocycles. The van der Waals surface area contributed by atoms with Gasteiger partial charge in [-0.1, -0.05) is 13.0 Å². The minimum absolute atomic E-state index is 0.0203. The lowest BCUT2D eigenvalue weighted by atomic mass is 9.91. The minimum atomic E-state index is -0.822. The Kier molecular flexibility index (Phi) is 7.42. The number of carbonyl (C=O) groups excluding carboxylic acids is 1. The highest BCUT2D eigenvalue weighted by Crippen LogP contribution is 2.39. The van der Waals surface area contributed by atoms with Gasteiger partial charge in [0.15, 0.2) is 0 Å². The van der Waals surface area contributed by atoms with Gasteiger partial charge in [0.1, 0.15) is 0 Å². The number of benzene rings is 2. The van der Waals surface area contributed by atoms with Gasteiger partial charge in [-0.2, -0.15) is 5.26 Å². The van der Waals surface area contributed by atoms with Crippen molar-refractivity contribution in [2.45, 2.75) is 64.0 Å². The number of hydrogen-bond donors (Lipinski definition) is 2. The second-order valence-corrected chi connectivity index (χ2v) is 8.98. The number of aliphatic hydroxyl groups is 1.